The fraction of sp³-hybridized carbons (Fsp3) is 0.462. The number of pyridine rings is 1. The van der Waals surface area contributed by atoms with E-state index in [1.54, 1.807) is 17.1 Å². The number of morpholine rings is 1. The predicted molar refractivity (Wildman–Crippen MR) is 73.7 cm³/mol. The van der Waals surface area contributed by atoms with Crippen molar-refractivity contribution in [2.75, 3.05) is 25.4 Å². The second-order valence-corrected chi connectivity index (χ2v) is 4.90. The topological polar surface area (TPSA) is 82.1 Å². The molecular formula is C13H18N6O. The molecule has 1 atom stereocenters. The number of ether oxygens (including phenoxy) is 1. The number of nitrogen functional groups attached to an aromatic ring is 1. The number of hydrogen-bond acceptors (Lipinski definition) is 6. The first-order chi connectivity index (χ1) is 9.81. The smallest absolute Gasteiger partial charge is 0.127 e. The van der Waals surface area contributed by atoms with E-state index in [2.05, 4.69) is 20.2 Å². The Bertz CT molecular complexity index is 544. The van der Waals surface area contributed by atoms with E-state index in [4.69, 9.17) is 10.5 Å². The van der Waals surface area contributed by atoms with Crippen molar-refractivity contribution < 1.29 is 4.74 Å². The van der Waals surface area contributed by atoms with Crippen LogP contribution in [-0.4, -0.2) is 50.7 Å². The summed E-state index contributed by atoms with van der Waals surface area (Å²) in [7, 11) is 0. The van der Waals surface area contributed by atoms with Gasteiger partial charge in [-0.2, -0.15) is 0 Å². The molecule has 3 rings (SSSR count). The molecule has 1 aliphatic heterocycles. The Balaban J connectivity index is 1.59. The van der Waals surface area contributed by atoms with Crippen LogP contribution in [0.1, 0.15) is 5.56 Å². The van der Waals surface area contributed by atoms with Gasteiger partial charge in [0.15, 0.2) is 0 Å². The molecule has 2 aromatic rings. The van der Waals surface area contributed by atoms with Crippen molar-refractivity contribution >= 4 is 5.82 Å². The van der Waals surface area contributed by atoms with Gasteiger partial charge < -0.3 is 10.5 Å². The summed E-state index contributed by atoms with van der Waals surface area (Å²) in [4.78, 5) is 6.45. The maximum atomic E-state index is 5.89. The molecular weight excluding hydrogens is 256 g/mol. The van der Waals surface area contributed by atoms with Gasteiger partial charge in [-0.15, -0.1) is 5.10 Å². The van der Waals surface area contributed by atoms with Crippen LogP contribution in [0.25, 0.3) is 0 Å². The number of aromatic nitrogens is 4. The highest BCUT2D eigenvalue weighted by molar-refractivity contribution is 5.38. The van der Waals surface area contributed by atoms with Crippen molar-refractivity contribution in [3.05, 3.63) is 36.3 Å². The van der Waals surface area contributed by atoms with Gasteiger partial charge >= 0.3 is 0 Å². The first kappa shape index (κ1) is 13.0. The van der Waals surface area contributed by atoms with Crippen molar-refractivity contribution in [3.8, 4) is 0 Å². The number of nitrogens with zero attached hydrogens (tertiary/aromatic N) is 5. The quantitative estimate of drug-likeness (QED) is 0.855. The van der Waals surface area contributed by atoms with Gasteiger partial charge in [-0.05, 0) is 6.07 Å². The Morgan fingerprint density at radius 1 is 1.40 bits per heavy atom. The monoisotopic (exact) mass is 274 g/mol. The lowest BCUT2D eigenvalue weighted by Gasteiger charge is -2.32. The first-order valence-electron chi connectivity index (χ1n) is 6.68. The lowest BCUT2D eigenvalue weighted by Crippen LogP contribution is -2.43. The summed E-state index contributed by atoms with van der Waals surface area (Å²) >= 11 is 0. The molecule has 7 nitrogen and oxygen atoms in total. The maximum absolute atomic E-state index is 5.89. The van der Waals surface area contributed by atoms with Gasteiger partial charge in [0.25, 0.3) is 0 Å². The average molecular weight is 274 g/mol. The summed E-state index contributed by atoms with van der Waals surface area (Å²) in [6, 6.07) is 3.93. The zero-order valence-electron chi connectivity index (χ0n) is 11.2. The summed E-state index contributed by atoms with van der Waals surface area (Å²) in [5, 5.41) is 7.78. The van der Waals surface area contributed by atoms with Crippen LogP contribution in [0.4, 0.5) is 5.82 Å². The van der Waals surface area contributed by atoms with Gasteiger partial charge in [0, 0.05) is 37.6 Å². The lowest BCUT2D eigenvalue weighted by molar-refractivity contribution is -0.0403. The molecule has 1 saturated heterocycles. The Morgan fingerprint density at radius 2 is 2.35 bits per heavy atom. The Morgan fingerprint density at radius 3 is 3.15 bits per heavy atom. The number of nitrogens with two attached hydrogens (primary N) is 1. The Hall–Kier alpha value is -1.99. The molecule has 0 spiro atoms. The molecule has 20 heavy (non-hydrogen) atoms. The van der Waals surface area contributed by atoms with Gasteiger partial charge in [0.2, 0.25) is 0 Å². The molecule has 106 valence electrons. The molecule has 0 aromatic carbocycles. The van der Waals surface area contributed by atoms with Crippen molar-refractivity contribution in [1.82, 2.24) is 24.9 Å². The van der Waals surface area contributed by atoms with Gasteiger partial charge in [0.05, 0.1) is 25.5 Å². The van der Waals surface area contributed by atoms with E-state index < -0.39 is 0 Å². The molecule has 1 unspecified atom stereocenters. The second-order valence-electron chi connectivity index (χ2n) is 4.90. The molecule has 7 heteroatoms. The van der Waals surface area contributed by atoms with E-state index in [0.717, 1.165) is 38.3 Å². The third-order valence-corrected chi connectivity index (χ3v) is 3.41. The zero-order valence-corrected chi connectivity index (χ0v) is 11.2. The van der Waals surface area contributed by atoms with Crippen molar-refractivity contribution in [3.63, 3.8) is 0 Å². The van der Waals surface area contributed by atoms with E-state index in [0.29, 0.717) is 5.82 Å². The van der Waals surface area contributed by atoms with Crippen LogP contribution in [0.5, 0.6) is 0 Å². The SMILES string of the molecule is Nc1ncccc1CN1CCOC(Cn2ccnn2)C1. The van der Waals surface area contributed by atoms with Crippen molar-refractivity contribution in [2.45, 2.75) is 19.2 Å². The molecule has 1 aliphatic rings. The third kappa shape index (κ3) is 3.12. The van der Waals surface area contributed by atoms with Gasteiger partial charge in [-0.25, -0.2) is 9.67 Å². The molecule has 0 saturated carbocycles. The molecule has 0 amide bonds. The number of rotatable bonds is 4. The van der Waals surface area contributed by atoms with Crippen LogP contribution in [0, 0.1) is 0 Å². The van der Waals surface area contributed by atoms with Gasteiger partial charge in [-0.1, -0.05) is 11.3 Å². The van der Waals surface area contributed by atoms with Crippen LogP contribution in [-0.2, 0) is 17.8 Å². The fourth-order valence-electron chi connectivity index (χ4n) is 2.40. The maximum Gasteiger partial charge on any atom is 0.127 e. The highest BCUT2D eigenvalue weighted by atomic mass is 16.5. The fourth-order valence-corrected chi connectivity index (χ4v) is 2.40. The zero-order chi connectivity index (χ0) is 13.8. The van der Waals surface area contributed by atoms with Crippen LogP contribution >= 0.6 is 0 Å². The van der Waals surface area contributed by atoms with Gasteiger partial charge in [0.1, 0.15) is 5.82 Å². The highest BCUT2D eigenvalue weighted by Crippen LogP contribution is 2.14. The second kappa shape index (κ2) is 5.98. The van der Waals surface area contributed by atoms with Crippen LogP contribution < -0.4 is 5.73 Å². The van der Waals surface area contributed by atoms with E-state index in [1.807, 2.05) is 18.3 Å². The number of hydrogen-bond donors (Lipinski definition) is 1. The average Bonchev–Trinajstić information content (AvgIpc) is 2.95. The molecule has 2 N–H and O–H groups in total. The van der Waals surface area contributed by atoms with Crippen LogP contribution in [0.2, 0.25) is 0 Å². The minimum atomic E-state index is 0.128. The van der Waals surface area contributed by atoms with Crippen LogP contribution in [0.15, 0.2) is 30.7 Å². The van der Waals surface area contributed by atoms with E-state index >= 15 is 0 Å². The van der Waals surface area contributed by atoms with E-state index in [-0.39, 0.29) is 6.10 Å². The molecule has 0 aliphatic carbocycles. The Kier molecular flexibility index (Phi) is 3.89. The van der Waals surface area contributed by atoms with Crippen molar-refractivity contribution in [1.29, 1.82) is 0 Å². The first-order valence-corrected chi connectivity index (χ1v) is 6.68. The third-order valence-electron chi connectivity index (χ3n) is 3.41. The summed E-state index contributed by atoms with van der Waals surface area (Å²) < 4.78 is 7.57. The largest absolute Gasteiger partial charge is 0.383 e. The Labute approximate surface area is 117 Å². The van der Waals surface area contributed by atoms with Crippen LogP contribution in [0.3, 0.4) is 0 Å². The summed E-state index contributed by atoms with van der Waals surface area (Å²) in [6.07, 6.45) is 5.37. The molecule has 1 fully saturated rings. The van der Waals surface area contributed by atoms with E-state index in [9.17, 15) is 0 Å². The molecule has 2 aromatic heterocycles. The normalized spacial score (nSPS) is 20.1. The minimum Gasteiger partial charge on any atom is -0.383 e. The summed E-state index contributed by atoms with van der Waals surface area (Å²) in [5.74, 6) is 0.604. The highest BCUT2D eigenvalue weighted by Gasteiger charge is 2.21. The minimum absolute atomic E-state index is 0.128. The predicted octanol–water partition coefficient (Wildman–Crippen LogP) is 0.156. The molecule has 0 radical (unpaired) electrons. The summed E-state index contributed by atoms with van der Waals surface area (Å²) in [6.45, 7) is 4.01. The number of anilines is 1. The van der Waals surface area contributed by atoms with E-state index in [1.165, 1.54) is 0 Å². The summed E-state index contributed by atoms with van der Waals surface area (Å²) in [5.41, 5.74) is 6.95. The molecule has 0 bridgehead atoms. The molecule has 3 heterocycles. The lowest BCUT2D eigenvalue weighted by atomic mass is 10.2. The van der Waals surface area contributed by atoms with Crippen molar-refractivity contribution in [2.24, 2.45) is 0 Å². The van der Waals surface area contributed by atoms with Gasteiger partial charge in [-0.3, -0.25) is 4.90 Å². The standard InChI is InChI=1S/C13H18N6O/c14-13-11(2-1-3-15-13)8-18-6-7-20-12(9-18)10-19-5-4-16-17-19/h1-5,12H,6-10H2,(H2,14,15).